The number of nitrogens with zero attached hydrogens (tertiary/aromatic N) is 2. The number of aryl methyl sites for hydroxylation is 1. The summed E-state index contributed by atoms with van der Waals surface area (Å²) in [7, 11) is 4.20. The Morgan fingerprint density at radius 1 is 1.30 bits per heavy atom. The summed E-state index contributed by atoms with van der Waals surface area (Å²) in [5.74, 6) is 0.117. The zero-order chi connectivity index (χ0) is 19.2. The second kappa shape index (κ2) is 7.02. The van der Waals surface area contributed by atoms with Gasteiger partial charge in [0.1, 0.15) is 0 Å². The van der Waals surface area contributed by atoms with Crippen molar-refractivity contribution in [2.75, 3.05) is 40.4 Å². The van der Waals surface area contributed by atoms with Gasteiger partial charge < -0.3 is 15.4 Å². The van der Waals surface area contributed by atoms with Gasteiger partial charge in [-0.25, -0.2) is 0 Å². The number of likely N-dealkylation sites (tertiary alicyclic amines) is 1. The summed E-state index contributed by atoms with van der Waals surface area (Å²) in [6.45, 7) is 4.90. The molecule has 5 nitrogen and oxygen atoms in total. The lowest BCUT2D eigenvalue weighted by Gasteiger charge is -2.47. The van der Waals surface area contributed by atoms with Gasteiger partial charge >= 0.3 is 0 Å². The van der Waals surface area contributed by atoms with E-state index in [1.165, 1.54) is 5.56 Å². The Morgan fingerprint density at radius 3 is 2.52 bits per heavy atom. The van der Waals surface area contributed by atoms with Crippen molar-refractivity contribution < 1.29 is 9.53 Å². The first-order valence-electron chi connectivity index (χ1n) is 9.42. The highest BCUT2D eigenvalue weighted by atomic mass is 32.1. The van der Waals surface area contributed by atoms with Crippen LogP contribution in [0.5, 0.6) is 0 Å². The minimum absolute atomic E-state index is 0.0143. The molecule has 1 atom stereocenters. The fraction of sp³-hybridized carbons (Fsp3) is 0.476. The Labute approximate surface area is 164 Å². The van der Waals surface area contributed by atoms with Gasteiger partial charge in [0.05, 0.1) is 23.6 Å². The molecule has 27 heavy (non-hydrogen) atoms. The maximum absolute atomic E-state index is 12.8. The van der Waals surface area contributed by atoms with Crippen LogP contribution >= 0.6 is 11.3 Å². The first-order valence-corrected chi connectivity index (χ1v) is 10.2. The van der Waals surface area contributed by atoms with Gasteiger partial charge in [0.2, 0.25) is 0 Å². The molecule has 2 aromatic rings. The molecule has 0 radical (unpaired) electrons. The van der Waals surface area contributed by atoms with Crippen LogP contribution in [-0.4, -0.2) is 62.1 Å². The number of nitrogens with two attached hydrogens (primary N) is 1. The monoisotopic (exact) mass is 385 g/mol. The van der Waals surface area contributed by atoms with Crippen LogP contribution in [0.4, 0.5) is 0 Å². The van der Waals surface area contributed by atoms with Crippen molar-refractivity contribution in [3.05, 3.63) is 46.3 Å². The summed E-state index contributed by atoms with van der Waals surface area (Å²) in [6.07, 6.45) is 0.891. The third-order valence-electron chi connectivity index (χ3n) is 5.87. The van der Waals surface area contributed by atoms with E-state index in [1.807, 2.05) is 11.8 Å². The molecular formula is C21H27N3O2S. The first-order chi connectivity index (χ1) is 12.9. The minimum Gasteiger partial charge on any atom is -0.377 e. The van der Waals surface area contributed by atoms with Crippen LogP contribution in [0.25, 0.3) is 10.4 Å². The number of likely N-dealkylation sites (N-methyl/N-ethyl adjacent to an activating group) is 1. The lowest BCUT2D eigenvalue weighted by atomic mass is 9.86. The number of carbonyl (C=O) groups is 1. The third-order valence-corrected chi connectivity index (χ3v) is 7.14. The SMILES string of the molecule is Cc1cc(-c2ccc(C3(N(C)C)COC3)cc2)sc1C(=O)N1CC[C@H](N)C1. The molecule has 2 fully saturated rings. The van der Waals surface area contributed by atoms with E-state index in [0.717, 1.165) is 47.1 Å². The molecule has 0 bridgehead atoms. The van der Waals surface area contributed by atoms with Gasteiger partial charge in [0.15, 0.2) is 0 Å². The molecule has 1 aromatic carbocycles. The Morgan fingerprint density at radius 2 is 2.00 bits per heavy atom. The number of amides is 1. The van der Waals surface area contributed by atoms with Crippen molar-refractivity contribution in [1.29, 1.82) is 0 Å². The number of hydrogen-bond acceptors (Lipinski definition) is 5. The van der Waals surface area contributed by atoms with E-state index in [9.17, 15) is 4.79 Å². The van der Waals surface area contributed by atoms with Crippen molar-refractivity contribution in [3.8, 4) is 10.4 Å². The molecule has 2 aliphatic heterocycles. The highest BCUT2D eigenvalue weighted by Crippen LogP contribution is 2.37. The lowest BCUT2D eigenvalue weighted by molar-refractivity contribution is -0.130. The number of benzene rings is 1. The van der Waals surface area contributed by atoms with Crippen LogP contribution in [0.3, 0.4) is 0 Å². The summed E-state index contributed by atoms with van der Waals surface area (Å²) in [5, 5.41) is 0. The van der Waals surface area contributed by atoms with Crippen molar-refractivity contribution in [1.82, 2.24) is 9.80 Å². The van der Waals surface area contributed by atoms with Crippen molar-refractivity contribution >= 4 is 17.2 Å². The molecule has 4 rings (SSSR count). The molecular weight excluding hydrogens is 358 g/mol. The largest absolute Gasteiger partial charge is 0.377 e. The number of thiophene rings is 1. The smallest absolute Gasteiger partial charge is 0.264 e. The molecule has 0 unspecified atom stereocenters. The zero-order valence-corrected chi connectivity index (χ0v) is 17.0. The van der Waals surface area contributed by atoms with Gasteiger partial charge in [0, 0.05) is 24.0 Å². The molecule has 0 spiro atoms. The minimum atomic E-state index is -0.0143. The molecule has 2 N–H and O–H groups in total. The van der Waals surface area contributed by atoms with Gasteiger partial charge in [0.25, 0.3) is 5.91 Å². The standard InChI is InChI=1S/C21H27N3O2S/c1-14-10-18(27-19(14)20(25)24-9-8-17(22)11-24)15-4-6-16(7-5-15)21(23(2)3)12-26-13-21/h4-7,10,17H,8-9,11-13,22H2,1-3H3/t17-/m0/s1. The van der Waals surface area contributed by atoms with Crippen LogP contribution in [0.15, 0.2) is 30.3 Å². The molecule has 2 aliphatic rings. The molecule has 3 heterocycles. The number of ether oxygens (including phenoxy) is 1. The number of hydrogen-bond donors (Lipinski definition) is 1. The van der Waals surface area contributed by atoms with Crippen molar-refractivity contribution in [3.63, 3.8) is 0 Å². The van der Waals surface area contributed by atoms with E-state index in [2.05, 4.69) is 49.3 Å². The van der Waals surface area contributed by atoms with Crippen LogP contribution in [0, 0.1) is 6.92 Å². The molecule has 0 aliphatic carbocycles. The van der Waals surface area contributed by atoms with Gasteiger partial charge in [-0.3, -0.25) is 9.69 Å². The van der Waals surface area contributed by atoms with Crippen LogP contribution < -0.4 is 5.73 Å². The molecule has 6 heteroatoms. The molecule has 1 aromatic heterocycles. The van der Waals surface area contributed by atoms with Crippen molar-refractivity contribution in [2.24, 2.45) is 5.73 Å². The lowest BCUT2D eigenvalue weighted by Crippen LogP contribution is -2.56. The van der Waals surface area contributed by atoms with Gasteiger partial charge in [-0.05, 0) is 50.2 Å². The van der Waals surface area contributed by atoms with Crippen LogP contribution in [0.2, 0.25) is 0 Å². The second-order valence-electron chi connectivity index (χ2n) is 7.92. The molecule has 0 saturated carbocycles. The molecule has 144 valence electrons. The fourth-order valence-electron chi connectivity index (χ4n) is 3.88. The van der Waals surface area contributed by atoms with E-state index in [0.29, 0.717) is 6.54 Å². The van der Waals surface area contributed by atoms with Crippen molar-refractivity contribution in [2.45, 2.75) is 24.9 Å². The maximum Gasteiger partial charge on any atom is 0.264 e. The van der Waals surface area contributed by atoms with E-state index < -0.39 is 0 Å². The Hall–Kier alpha value is -1.73. The van der Waals surface area contributed by atoms with Gasteiger partial charge in [-0.2, -0.15) is 0 Å². The van der Waals surface area contributed by atoms with E-state index in [-0.39, 0.29) is 17.5 Å². The zero-order valence-electron chi connectivity index (χ0n) is 16.2. The maximum atomic E-state index is 12.8. The third kappa shape index (κ3) is 3.21. The van der Waals surface area contributed by atoms with Crippen LogP contribution in [0.1, 0.15) is 27.2 Å². The normalized spacial score (nSPS) is 21.5. The van der Waals surface area contributed by atoms with Crippen LogP contribution in [-0.2, 0) is 10.3 Å². The van der Waals surface area contributed by atoms with E-state index in [1.54, 1.807) is 11.3 Å². The van der Waals surface area contributed by atoms with Gasteiger partial charge in [-0.15, -0.1) is 11.3 Å². The predicted octanol–water partition coefficient (Wildman–Crippen LogP) is 2.68. The molecule has 2 saturated heterocycles. The number of carbonyl (C=O) groups excluding carboxylic acids is 1. The Balaban J connectivity index is 1.57. The average molecular weight is 386 g/mol. The fourth-order valence-corrected chi connectivity index (χ4v) is 5.02. The summed E-state index contributed by atoms with van der Waals surface area (Å²) in [6, 6.07) is 10.9. The van der Waals surface area contributed by atoms with E-state index >= 15 is 0 Å². The average Bonchev–Trinajstić information content (AvgIpc) is 3.19. The first kappa shape index (κ1) is 18.6. The van der Waals surface area contributed by atoms with E-state index in [4.69, 9.17) is 10.5 Å². The quantitative estimate of drug-likeness (QED) is 0.879. The number of rotatable bonds is 4. The van der Waals surface area contributed by atoms with Gasteiger partial charge in [-0.1, -0.05) is 24.3 Å². The highest BCUT2D eigenvalue weighted by molar-refractivity contribution is 7.17. The summed E-state index contributed by atoms with van der Waals surface area (Å²) in [5.41, 5.74) is 9.42. The highest BCUT2D eigenvalue weighted by Gasteiger charge is 2.42. The molecule has 1 amide bonds. The Bertz CT molecular complexity index is 840. The second-order valence-corrected chi connectivity index (χ2v) is 8.97. The summed E-state index contributed by atoms with van der Waals surface area (Å²) in [4.78, 5) is 18.9. The topological polar surface area (TPSA) is 58.8 Å². The summed E-state index contributed by atoms with van der Waals surface area (Å²) < 4.78 is 5.48. The Kier molecular flexibility index (Phi) is 4.84. The summed E-state index contributed by atoms with van der Waals surface area (Å²) >= 11 is 1.58. The predicted molar refractivity (Wildman–Crippen MR) is 109 cm³/mol.